The minimum Gasteiger partial charge on any atom is -0.493 e. The van der Waals surface area contributed by atoms with Crippen molar-refractivity contribution in [3.8, 4) is 17.2 Å². The Morgan fingerprint density at radius 3 is 2.38 bits per heavy atom. The second-order valence-corrected chi connectivity index (χ2v) is 10.3. The fourth-order valence-corrected chi connectivity index (χ4v) is 5.19. The maximum absolute atomic E-state index is 14.4. The first-order chi connectivity index (χ1) is 20.3. The molecule has 2 heterocycles. The van der Waals surface area contributed by atoms with E-state index in [1.165, 1.54) is 26.4 Å². The van der Waals surface area contributed by atoms with Gasteiger partial charge in [0.1, 0.15) is 11.6 Å². The number of carbonyl (C=O) groups excluding carboxylic acids is 2. The molecule has 0 radical (unpaired) electrons. The van der Waals surface area contributed by atoms with E-state index in [1.54, 1.807) is 41.5 Å². The maximum Gasteiger partial charge on any atom is 0.415 e. The summed E-state index contributed by atoms with van der Waals surface area (Å²) in [7, 11) is 5.01. The van der Waals surface area contributed by atoms with Crippen LogP contribution in [0.2, 0.25) is 0 Å². The normalized spacial score (nSPS) is 16.0. The Labute approximate surface area is 244 Å². The number of methoxy groups -OCH3 is 2. The zero-order valence-corrected chi connectivity index (χ0v) is 24.2. The molecule has 2 aromatic carbocycles. The predicted molar refractivity (Wildman–Crippen MR) is 157 cm³/mol. The molecule has 0 atom stereocenters. The van der Waals surface area contributed by atoms with Crippen molar-refractivity contribution < 1.29 is 32.6 Å². The number of nitrogens with zero attached hydrogens (tertiary/aromatic N) is 2. The number of furan rings is 1. The van der Waals surface area contributed by atoms with Crippen LogP contribution in [0.5, 0.6) is 17.2 Å². The monoisotopic (exact) mass is 575 g/mol. The largest absolute Gasteiger partial charge is 0.493 e. The number of rotatable bonds is 8. The number of halogens is 1. The standard InChI is InChI=1S/C32H34FN3O6/c1-20-25(24-8-7-22(33)17-27(24)26(20)18-30(37)34-19-23-6-5-13-41-23)14-21-15-28(39-3)31(29(16-21)40-4)42-32(38)36-11-9-35(2)10-12-36/h5-8,13-17H,9-12,18-19H2,1-4H3,(H,34,37). The number of carbonyl (C=O) groups is 2. The number of ether oxygens (including phenoxy) is 3. The van der Waals surface area contributed by atoms with Crippen molar-refractivity contribution in [3.05, 3.63) is 82.6 Å². The smallest absolute Gasteiger partial charge is 0.415 e. The Balaban J connectivity index is 1.44. The van der Waals surface area contributed by atoms with Gasteiger partial charge in [0.05, 0.1) is 33.4 Å². The summed E-state index contributed by atoms with van der Waals surface area (Å²) in [4.78, 5) is 29.6. The SMILES string of the molecule is COc1cc(C=C2C(C)=C(CC(=O)NCc3ccco3)c3cc(F)ccc32)cc(OC)c1OC(=O)N1CCN(C)CC1. The van der Waals surface area contributed by atoms with Gasteiger partial charge in [0.2, 0.25) is 11.7 Å². The first kappa shape index (κ1) is 28.9. The van der Waals surface area contributed by atoms with Gasteiger partial charge in [-0.1, -0.05) is 6.07 Å². The molecule has 42 heavy (non-hydrogen) atoms. The average molecular weight is 576 g/mol. The van der Waals surface area contributed by atoms with Crippen molar-refractivity contribution in [2.45, 2.75) is 19.9 Å². The molecule has 1 fully saturated rings. The van der Waals surface area contributed by atoms with Gasteiger partial charge >= 0.3 is 6.09 Å². The Morgan fingerprint density at radius 2 is 1.74 bits per heavy atom. The van der Waals surface area contributed by atoms with Gasteiger partial charge < -0.3 is 33.7 Å². The summed E-state index contributed by atoms with van der Waals surface area (Å²) in [6, 6.07) is 11.6. The number of hydrogen-bond acceptors (Lipinski definition) is 7. The predicted octanol–water partition coefficient (Wildman–Crippen LogP) is 5.22. The molecule has 1 saturated heterocycles. The van der Waals surface area contributed by atoms with E-state index in [9.17, 15) is 14.0 Å². The molecule has 0 unspecified atom stereocenters. The van der Waals surface area contributed by atoms with Crippen molar-refractivity contribution >= 4 is 29.2 Å². The molecule has 0 saturated carbocycles. The molecule has 2 aliphatic rings. The van der Waals surface area contributed by atoms with E-state index >= 15 is 0 Å². The highest BCUT2D eigenvalue weighted by atomic mass is 19.1. The number of amides is 2. The Bertz CT molecular complexity index is 1510. The minimum absolute atomic E-state index is 0.0775. The molecule has 3 aromatic rings. The van der Waals surface area contributed by atoms with Gasteiger partial charge in [0.15, 0.2) is 11.5 Å². The fourth-order valence-electron chi connectivity index (χ4n) is 5.19. The minimum atomic E-state index is -0.466. The molecule has 1 N–H and O–H groups in total. The van der Waals surface area contributed by atoms with Gasteiger partial charge in [0, 0.05) is 26.2 Å². The summed E-state index contributed by atoms with van der Waals surface area (Å²) in [5.41, 5.74) is 4.63. The molecule has 220 valence electrons. The lowest BCUT2D eigenvalue weighted by molar-refractivity contribution is -0.120. The average Bonchev–Trinajstić information content (AvgIpc) is 3.59. The van der Waals surface area contributed by atoms with E-state index in [0.29, 0.717) is 35.9 Å². The highest BCUT2D eigenvalue weighted by Gasteiger charge is 2.27. The van der Waals surface area contributed by atoms with Gasteiger partial charge in [-0.3, -0.25) is 4.79 Å². The molecule has 0 bridgehead atoms. The van der Waals surface area contributed by atoms with Crippen molar-refractivity contribution in [3.63, 3.8) is 0 Å². The number of nitrogens with one attached hydrogen (secondary N) is 1. The van der Waals surface area contributed by atoms with E-state index < -0.39 is 6.09 Å². The van der Waals surface area contributed by atoms with Crippen LogP contribution >= 0.6 is 0 Å². The number of allylic oxidation sites excluding steroid dienone is 2. The lowest BCUT2D eigenvalue weighted by atomic mass is 10.00. The number of piperazine rings is 1. The van der Waals surface area contributed by atoms with Crippen LogP contribution in [-0.4, -0.2) is 69.2 Å². The Kier molecular flexibility index (Phi) is 8.63. The molecule has 1 aromatic heterocycles. The first-order valence-electron chi connectivity index (χ1n) is 13.7. The van der Waals surface area contributed by atoms with Gasteiger partial charge in [-0.25, -0.2) is 9.18 Å². The second-order valence-electron chi connectivity index (χ2n) is 10.3. The van der Waals surface area contributed by atoms with Gasteiger partial charge in [-0.05, 0) is 89.9 Å². The molecule has 10 heteroatoms. The van der Waals surface area contributed by atoms with Crippen LogP contribution in [0.15, 0.2) is 58.7 Å². The van der Waals surface area contributed by atoms with Gasteiger partial charge in [-0.15, -0.1) is 0 Å². The zero-order valence-electron chi connectivity index (χ0n) is 24.2. The topological polar surface area (TPSA) is 93.5 Å². The van der Waals surface area contributed by atoms with E-state index in [1.807, 2.05) is 20.0 Å². The number of benzene rings is 2. The third-order valence-electron chi connectivity index (χ3n) is 7.58. The Morgan fingerprint density at radius 1 is 1.02 bits per heavy atom. The zero-order chi connectivity index (χ0) is 29.8. The summed E-state index contributed by atoms with van der Waals surface area (Å²) in [5.74, 6) is 0.924. The summed E-state index contributed by atoms with van der Waals surface area (Å²) < 4.78 is 36.6. The summed E-state index contributed by atoms with van der Waals surface area (Å²) in [6.45, 7) is 4.85. The van der Waals surface area contributed by atoms with Crippen LogP contribution in [0.4, 0.5) is 9.18 Å². The van der Waals surface area contributed by atoms with E-state index in [2.05, 4.69) is 10.2 Å². The Hall–Kier alpha value is -4.57. The molecule has 1 aliphatic carbocycles. The first-order valence-corrected chi connectivity index (χ1v) is 13.7. The number of hydrogen-bond donors (Lipinski definition) is 1. The van der Waals surface area contributed by atoms with Gasteiger partial charge in [0.25, 0.3) is 0 Å². The quantitative estimate of drug-likeness (QED) is 0.394. The molecule has 5 rings (SSSR count). The molecule has 1 aliphatic heterocycles. The molecule has 0 spiro atoms. The van der Waals surface area contributed by atoms with Crippen molar-refractivity contribution in [2.24, 2.45) is 0 Å². The lowest BCUT2D eigenvalue weighted by Gasteiger charge is -2.31. The van der Waals surface area contributed by atoms with Crippen LogP contribution in [0.3, 0.4) is 0 Å². The van der Waals surface area contributed by atoms with E-state index in [0.717, 1.165) is 40.9 Å². The van der Waals surface area contributed by atoms with Gasteiger partial charge in [-0.2, -0.15) is 0 Å². The highest BCUT2D eigenvalue weighted by Crippen LogP contribution is 2.45. The van der Waals surface area contributed by atoms with Crippen molar-refractivity contribution in [1.82, 2.24) is 15.1 Å². The number of fused-ring (bicyclic) bond motifs is 1. The molecular weight excluding hydrogens is 541 g/mol. The molecule has 2 amide bonds. The summed E-state index contributed by atoms with van der Waals surface area (Å²) in [6.07, 6.45) is 3.09. The molecular formula is C32H34FN3O6. The van der Waals surface area contributed by atoms with Crippen molar-refractivity contribution in [1.29, 1.82) is 0 Å². The lowest BCUT2D eigenvalue weighted by Crippen LogP contribution is -2.48. The molecule has 9 nitrogen and oxygen atoms in total. The maximum atomic E-state index is 14.4. The second kappa shape index (κ2) is 12.5. The third kappa shape index (κ3) is 6.18. The van der Waals surface area contributed by atoms with Crippen LogP contribution in [0.25, 0.3) is 17.2 Å². The van der Waals surface area contributed by atoms with E-state index in [-0.39, 0.29) is 30.4 Å². The van der Waals surface area contributed by atoms with Crippen LogP contribution in [-0.2, 0) is 11.3 Å². The third-order valence-corrected chi connectivity index (χ3v) is 7.58. The summed E-state index contributed by atoms with van der Waals surface area (Å²) in [5, 5.41) is 2.86. The van der Waals surface area contributed by atoms with E-state index in [4.69, 9.17) is 18.6 Å². The summed E-state index contributed by atoms with van der Waals surface area (Å²) >= 11 is 0. The highest BCUT2D eigenvalue weighted by molar-refractivity contribution is 6.08. The van der Waals surface area contributed by atoms with Crippen LogP contribution in [0, 0.1) is 5.82 Å². The van der Waals surface area contributed by atoms with Crippen LogP contribution < -0.4 is 19.5 Å². The fraction of sp³-hybridized carbons (Fsp3) is 0.312. The number of likely N-dealkylation sites (N-methyl/N-ethyl adjacent to an activating group) is 1. The van der Waals surface area contributed by atoms with Crippen LogP contribution in [0.1, 0.15) is 35.8 Å². The van der Waals surface area contributed by atoms with Crippen molar-refractivity contribution in [2.75, 3.05) is 47.4 Å².